The summed E-state index contributed by atoms with van der Waals surface area (Å²) < 4.78 is 8.54. The average molecular weight is 417 g/mol. The van der Waals surface area contributed by atoms with E-state index in [9.17, 15) is 14.4 Å². The van der Waals surface area contributed by atoms with Gasteiger partial charge in [0, 0.05) is 12.6 Å². The topological polar surface area (TPSA) is 100 Å². The molecule has 0 bridgehead atoms. The van der Waals surface area contributed by atoms with E-state index in [0.717, 1.165) is 34.7 Å². The third-order valence-electron chi connectivity index (χ3n) is 5.58. The maximum absolute atomic E-state index is 13.3. The molecule has 1 saturated heterocycles. The first-order valence-electron chi connectivity index (χ1n) is 10.2. The molecule has 3 rings (SSSR count). The van der Waals surface area contributed by atoms with Crippen molar-refractivity contribution in [1.82, 2.24) is 19.6 Å². The Kier molecular flexibility index (Phi) is 6.04. The van der Waals surface area contributed by atoms with Crippen molar-refractivity contribution in [2.75, 3.05) is 26.7 Å². The molecule has 10 nitrogen and oxygen atoms in total. The van der Waals surface area contributed by atoms with Gasteiger partial charge in [-0.05, 0) is 34.1 Å². The van der Waals surface area contributed by atoms with Crippen LogP contribution in [0.2, 0.25) is 0 Å². The van der Waals surface area contributed by atoms with Gasteiger partial charge in [0.1, 0.15) is 12.2 Å². The fraction of sp³-hybridized carbons (Fsp3) is 0.600. The molecule has 0 saturated carbocycles. The second-order valence-corrected chi connectivity index (χ2v) is 7.50. The molecule has 162 valence electrons. The van der Waals surface area contributed by atoms with Crippen LogP contribution in [0.25, 0.3) is 0 Å². The van der Waals surface area contributed by atoms with Crippen molar-refractivity contribution in [3.05, 3.63) is 17.0 Å². The van der Waals surface area contributed by atoms with Crippen LogP contribution in [0.3, 0.4) is 0 Å². The fourth-order valence-electron chi connectivity index (χ4n) is 3.63. The van der Waals surface area contributed by atoms with Gasteiger partial charge in [0.15, 0.2) is 0 Å². The molecule has 0 aliphatic carbocycles. The molecule has 2 aliphatic rings. The van der Waals surface area contributed by atoms with Crippen LogP contribution in [-0.4, -0.2) is 86.6 Å². The van der Waals surface area contributed by atoms with Crippen LogP contribution in [0, 0.1) is 20.8 Å². The SMILES string of the molecule is CCCC[N+]1=C(n2nc(C)c(C)c2C)N=C2C1C(=O)N(CC(=O)OCC)C(=O)N2C. The molecular weight excluding hydrogens is 388 g/mol. The van der Waals surface area contributed by atoms with Crippen LogP contribution in [0.1, 0.15) is 43.6 Å². The minimum atomic E-state index is -0.784. The fourth-order valence-corrected chi connectivity index (χ4v) is 3.63. The van der Waals surface area contributed by atoms with Crippen molar-refractivity contribution in [3.8, 4) is 0 Å². The van der Waals surface area contributed by atoms with Crippen molar-refractivity contribution in [3.63, 3.8) is 0 Å². The van der Waals surface area contributed by atoms with Crippen LogP contribution in [0.15, 0.2) is 4.99 Å². The van der Waals surface area contributed by atoms with Gasteiger partial charge in [0.05, 0.1) is 18.8 Å². The Morgan fingerprint density at radius 2 is 1.90 bits per heavy atom. The van der Waals surface area contributed by atoms with Gasteiger partial charge >= 0.3 is 18.0 Å². The molecule has 10 heteroatoms. The van der Waals surface area contributed by atoms with Crippen LogP contribution >= 0.6 is 0 Å². The number of carbonyl (C=O) groups is 3. The Hall–Kier alpha value is -3.04. The highest BCUT2D eigenvalue weighted by molar-refractivity contribution is 6.23. The van der Waals surface area contributed by atoms with Gasteiger partial charge < -0.3 is 4.74 Å². The zero-order valence-electron chi connectivity index (χ0n) is 18.4. The molecule has 2 aliphatic heterocycles. The maximum atomic E-state index is 13.3. The number of esters is 1. The summed E-state index contributed by atoms with van der Waals surface area (Å²) in [6.45, 7) is 9.93. The van der Waals surface area contributed by atoms with E-state index in [2.05, 4.69) is 17.0 Å². The monoisotopic (exact) mass is 417 g/mol. The number of likely N-dealkylation sites (N-methyl/N-ethyl adjacent to an activating group) is 1. The van der Waals surface area contributed by atoms with E-state index in [0.29, 0.717) is 18.3 Å². The first-order valence-corrected chi connectivity index (χ1v) is 10.2. The van der Waals surface area contributed by atoms with Gasteiger partial charge in [-0.2, -0.15) is 0 Å². The van der Waals surface area contributed by atoms with Crippen molar-refractivity contribution in [2.45, 2.75) is 53.5 Å². The number of aliphatic imine (C=N–C) groups is 1. The molecule has 0 aromatic carbocycles. The summed E-state index contributed by atoms with van der Waals surface area (Å²) in [5.74, 6) is -0.233. The summed E-state index contributed by atoms with van der Waals surface area (Å²) in [5, 5.41) is 4.60. The second-order valence-electron chi connectivity index (χ2n) is 7.50. The minimum absolute atomic E-state index is 0.179. The molecular formula is C20H29N6O4+. The van der Waals surface area contributed by atoms with E-state index in [-0.39, 0.29) is 6.61 Å². The van der Waals surface area contributed by atoms with Gasteiger partial charge in [-0.15, -0.1) is 9.78 Å². The molecule has 0 N–H and O–H groups in total. The first-order chi connectivity index (χ1) is 14.2. The number of fused-ring (bicyclic) bond motifs is 1. The minimum Gasteiger partial charge on any atom is -0.465 e. The molecule has 30 heavy (non-hydrogen) atoms. The second kappa shape index (κ2) is 8.37. The number of aryl methyl sites for hydroxylation is 1. The predicted octanol–water partition coefficient (Wildman–Crippen LogP) is 1.06. The Morgan fingerprint density at radius 3 is 2.47 bits per heavy atom. The van der Waals surface area contributed by atoms with Crippen molar-refractivity contribution >= 4 is 29.7 Å². The first kappa shape index (κ1) is 21.7. The van der Waals surface area contributed by atoms with Crippen LogP contribution in [0.5, 0.6) is 0 Å². The Labute approximate surface area is 175 Å². The zero-order valence-corrected chi connectivity index (χ0v) is 18.4. The van der Waals surface area contributed by atoms with E-state index in [1.807, 2.05) is 25.3 Å². The highest BCUT2D eigenvalue weighted by Crippen LogP contribution is 2.22. The summed E-state index contributed by atoms with van der Waals surface area (Å²) in [5.41, 5.74) is 2.86. The normalized spacial score (nSPS) is 18.9. The Bertz CT molecular complexity index is 961. The van der Waals surface area contributed by atoms with Crippen LogP contribution < -0.4 is 0 Å². The number of amides is 3. The maximum Gasteiger partial charge on any atom is 0.421 e. The quantitative estimate of drug-likeness (QED) is 0.509. The lowest BCUT2D eigenvalue weighted by molar-refractivity contribution is -0.538. The Balaban J connectivity index is 2.07. The molecule has 1 aromatic rings. The molecule has 3 heterocycles. The summed E-state index contributed by atoms with van der Waals surface area (Å²) in [7, 11) is 1.56. The molecule has 1 atom stereocenters. The molecule has 1 unspecified atom stereocenters. The van der Waals surface area contributed by atoms with Crippen molar-refractivity contribution in [1.29, 1.82) is 0 Å². The number of hydrogen-bond donors (Lipinski definition) is 0. The number of imide groups is 1. The summed E-state index contributed by atoms with van der Waals surface area (Å²) in [6, 6.07) is -1.38. The van der Waals surface area contributed by atoms with Crippen LogP contribution in [-0.2, 0) is 14.3 Å². The number of nitrogens with zero attached hydrogens (tertiary/aromatic N) is 6. The largest absolute Gasteiger partial charge is 0.465 e. The predicted molar refractivity (Wildman–Crippen MR) is 110 cm³/mol. The smallest absolute Gasteiger partial charge is 0.421 e. The standard InChI is InChI=1S/C20H29N6O4/c1-7-9-10-24-16-17(21-19(24)26-14(5)12(3)13(4)22-26)23(6)20(29)25(18(16)28)11-15(27)30-8-2/h16H,7-11H2,1-6H3/q+1. The van der Waals surface area contributed by atoms with Crippen molar-refractivity contribution < 1.29 is 23.7 Å². The molecule has 1 aromatic heterocycles. The lowest BCUT2D eigenvalue weighted by atomic mass is 10.1. The van der Waals surface area contributed by atoms with Gasteiger partial charge in [-0.3, -0.25) is 14.5 Å². The average Bonchev–Trinajstić information content (AvgIpc) is 3.21. The number of ether oxygens (including phenoxy) is 1. The number of hydrogen-bond acceptors (Lipinski definition) is 6. The number of aromatic nitrogens is 2. The Morgan fingerprint density at radius 1 is 1.20 bits per heavy atom. The van der Waals surface area contributed by atoms with Gasteiger partial charge in [-0.25, -0.2) is 14.3 Å². The van der Waals surface area contributed by atoms with Gasteiger partial charge in [-0.1, -0.05) is 18.3 Å². The summed E-state index contributed by atoms with van der Waals surface area (Å²) in [4.78, 5) is 45.0. The molecule has 0 spiro atoms. The lowest BCUT2D eigenvalue weighted by Crippen LogP contribution is -2.63. The zero-order chi connectivity index (χ0) is 22.2. The molecule has 3 amide bonds. The van der Waals surface area contributed by atoms with E-state index in [1.165, 1.54) is 4.90 Å². The third-order valence-corrected chi connectivity index (χ3v) is 5.58. The van der Waals surface area contributed by atoms with Crippen LogP contribution in [0.4, 0.5) is 4.79 Å². The van der Waals surface area contributed by atoms with E-state index in [4.69, 9.17) is 4.74 Å². The third kappa shape index (κ3) is 3.50. The number of unbranched alkanes of at least 4 members (excludes halogenated alkanes) is 1. The lowest BCUT2D eigenvalue weighted by Gasteiger charge is -2.33. The summed E-state index contributed by atoms with van der Waals surface area (Å²) in [6.07, 6.45) is 1.77. The summed E-state index contributed by atoms with van der Waals surface area (Å²) >= 11 is 0. The number of amidine groups is 1. The van der Waals surface area contributed by atoms with E-state index in [1.54, 1.807) is 18.7 Å². The van der Waals surface area contributed by atoms with Crippen molar-refractivity contribution in [2.24, 2.45) is 4.99 Å². The van der Waals surface area contributed by atoms with E-state index < -0.39 is 30.5 Å². The van der Waals surface area contributed by atoms with Gasteiger partial charge in [0.25, 0.3) is 5.91 Å². The molecule has 0 radical (unpaired) electrons. The number of urea groups is 1. The number of rotatable bonds is 6. The van der Waals surface area contributed by atoms with E-state index >= 15 is 0 Å². The molecule has 1 fully saturated rings. The van der Waals surface area contributed by atoms with Gasteiger partial charge in [0.2, 0.25) is 11.9 Å². The highest BCUT2D eigenvalue weighted by Gasteiger charge is 2.53. The highest BCUT2D eigenvalue weighted by atomic mass is 16.5. The number of carbonyl (C=O) groups excluding carboxylic acids is 3.